The molecule has 15 heavy (non-hydrogen) atoms. The molecule has 0 bridgehead atoms. The van der Waals surface area contributed by atoms with Crippen LogP contribution in [0.25, 0.3) is 0 Å². The first-order valence-electron chi connectivity index (χ1n) is 5.03. The molecular formula is C10H14N2O2S. The van der Waals surface area contributed by atoms with Gasteiger partial charge < -0.3 is 5.32 Å². The minimum absolute atomic E-state index is 0.192. The van der Waals surface area contributed by atoms with Gasteiger partial charge in [-0.25, -0.2) is 13.4 Å². The first-order chi connectivity index (χ1) is 7.18. The number of nitrogens with zero attached hydrogens (tertiary/aromatic N) is 1. The zero-order chi connectivity index (χ0) is 10.7. The summed E-state index contributed by atoms with van der Waals surface area (Å²) in [7, 11) is -3.19. The fraction of sp³-hybridized carbons (Fsp3) is 0.500. The second kappa shape index (κ2) is 4.28. The van der Waals surface area contributed by atoms with Crippen molar-refractivity contribution >= 4 is 9.84 Å². The molecule has 5 heteroatoms. The summed E-state index contributed by atoms with van der Waals surface area (Å²) in [6, 6.07) is 4.97. The van der Waals surface area contributed by atoms with Gasteiger partial charge in [0.25, 0.3) is 0 Å². The van der Waals surface area contributed by atoms with Crippen molar-refractivity contribution in [1.29, 1.82) is 0 Å². The lowest BCUT2D eigenvalue weighted by atomic mass is 10.2. The first-order valence-corrected chi connectivity index (χ1v) is 6.68. The average molecular weight is 226 g/mol. The summed E-state index contributed by atoms with van der Waals surface area (Å²) in [6.45, 7) is 1.72. The number of pyridine rings is 1. The highest BCUT2D eigenvalue weighted by Gasteiger charge is 2.24. The highest BCUT2D eigenvalue weighted by atomic mass is 32.2. The molecule has 0 aromatic carbocycles. The fourth-order valence-corrected chi connectivity index (χ4v) is 3.37. The molecular weight excluding hydrogens is 212 g/mol. The van der Waals surface area contributed by atoms with Crippen LogP contribution in [0.1, 0.15) is 6.42 Å². The van der Waals surface area contributed by atoms with Gasteiger partial charge in [0, 0.05) is 6.20 Å². The Kier molecular flexibility index (Phi) is 3.02. The van der Waals surface area contributed by atoms with E-state index in [1.165, 1.54) is 6.20 Å². The average Bonchev–Trinajstić information content (AvgIpc) is 2.71. The van der Waals surface area contributed by atoms with Gasteiger partial charge in [-0.3, -0.25) is 0 Å². The third-order valence-corrected chi connectivity index (χ3v) is 4.36. The molecule has 1 fully saturated rings. The third kappa shape index (κ3) is 2.54. The van der Waals surface area contributed by atoms with Gasteiger partial charge in [0.2, 0.25) is 0 Å². The molecule has 1 aromatic rings. The summed E-state index contributed by atoms with van der Waals surface area (Å²) >= 11 is 0. The number of nitrogens with one attached hydrogen (secondary N) is 1. The number of sulfone groups is 1. The number of hydrogen-bond donors (Lipinski definition) is 1. The van der Waals surface area contributed by atoms with Gasteiger partial charge in [0.15, 0.2) is 14.9 Å². The van der Waals surface area contributed by atoms with Gasteiger partial charge in [-0.2, -0.15) is 0 Å². The summed E-state index contributed by atoms with van der Waals surface area (Å²) in [4.78, 5) is 3.88. The van der Waals surface area contributed by atoms with E-state index in [4.69, 9.17) is 0 Å². The Morgan fingerprint density at radius 2 is 2.33 bits per heavy atom. The lowest BCUT2D eigenvalue weighted by Gasteiger charge is -2.08. The molecule has 0 amide bonds. The van der Waals surface area contributed by atoms with Crippen LogP contribution in [0, 0.1) is 5.92 Å². The van der Waals surface area contributed by atoms with Crippen molar-refractivity contribution < 1.29 is 8.42 Å². The molecule has 0 saturated carbocycles. The Balaban J connectivity index is 2.13. The lowest BCUT2D eigenvalue weighted by molar-refractivity contribution is 0.567. The van der Waals surface area contributed by atoms with E-state index in [-0.39, 0.29) is 16.7 Å². The van der Waals surface area contributed by atoms with Crippen LogP contribution >= 0.6 is 0 Å². The van der Waals surface area contributed by atoms with Crippen LogP contribution < -0.4 is 5.32 Å². The molecule has 82 valence electrons. The maximum absolute atomic E-state index is 11.9. The molecule has 0 unspecified atom stereocenters. The van der Waals surface area contributed by atoms with Crippen LogP contribution in [0.5, 0.6) is 0 Å². The Morgan fingerprint density at radius 3 is 2.93 bits per heavy atom. The van der Waals surface area contributed by atoms with Crippen LogP contribution in [0.4, 0.5) is 0 Å². The zero-order valence-electron chi connectivity index (χ0n) is 8.39. The van der Waals surface area contributed by atoms with Gasteiger partial charge in [0.05, 0.1) is 5.75 Å². The van der Waals surface area contributed by atoms with Crippen molar-refractivity contribution in [1.82, 2.24) is 10.3 Å². The molecule has 1 aliphatic heterocycles. The van der Waals surface area contributed by atoms with Crippen molar-refractivity contribution in [2.75, 3.05) is 18.8 Å². The topological polar surface area (TPSA) is 59.1 Å². The van der Waals surface area contributed by atoms with Crippen LogP contribution in [0.2, 0.25) is 0 Å². The standard InChI is InChI=1S/C10H14N2O2S/c13-15(14,8-9-4-6-11-7-9)10-3-1-2-5-12-10/h1-3,5,9,11H,4,6-8H2/t9-/m1/s1. The lowest BCUT2D eigenvalue weighted by Crippen LogP contribution is -2.19. The number of aromatic nitrogens is 1. The normalized spacial score (nSPS) is 21.7. The van der Waals surface area contributed by atoms with E-state index in [1.807, 2.05) is 0 Å². The van der Waals surface area contributed by atoms with E-state index in [2.05, 4.69) is 10.3 Å². The molecule has 0 radical (unpaired) electrons. The molecule has 2 heterocycles. The first kappa shape index (κ1) is 10.6. The molecule has 1 aromatic heterocycles. The van der Waals surface area contributed by atoms with Crippen molar-refractivity contribution in [2.45, 2.75) is 11.4 Å². The monoisotopic (exact) mass is 226 g/mol. The van der Waals surface area contributed by atoms with Crippen molar-refractivity contribution in [3.8, 4) is 0 Å². The van der Waals surface area contributed by atoms with Crippen LogP contribution in [-0.2, 0) is 9.84 Å². The molecule has 1 saturated heterocycles. The van der Waals surface area contributed by atoms with E-state index in [1.54, 1.807) is 18.2 Å². The van der Waals surface area contributed by atoms with Gasteiger partial charge in [-0.05, 0) is 37.6 Å². The summed E-state index contributed by atoms with van der Waals surface area (Å²) in [5.74, 6) is 0.439. The molecule has 4 nitrogen and oxygen atoms in total. The zero-order valence-corrected chi connectivity index (χ0v) is 9.20. The summed E-state index contributed by atoms with van der Waals surface area (Å²) in [5.41, 5.74) is 0. The summed E-state index contributed by atoms with van der Waals surface area (Å²) < 4.78 is 23.8. The Labute approximate surface area is 89.6 Å². The highest BCUT2D eigenvalue weighted by Crippen LogP contribution is 2.15. The van der Waals surface area contributed by atoms with Gasteiger partial charge in [0.1, 0.15) is 0 Å². The fourth-order valence-electron chi connectivity index (χ4n) is 1.78. The SMILES string of the molecule is O=S(=O)(C[C@@H]1CCNC1)c1ccccn1. The Hall–Kier alpha value is -0.940. The maximum Gasteiger partial charge on any atom is 0.195 e. The van der Waals surface area contributed by atoms with Crippen molar-refractivity contribution in [2.24, 2.45) is 5.92 Å². The number of rotatable bonds is 3. The maximum atomic E-state index is 11.9. The predicted molar refractivity (Wildman–Crippen MR) is 57.3 cm³/mol. The quantitative estimate of drug-likeness (QED) is 0.813. The van der Waals surface area contributed by atoms with E-state index in [0.29, 0.717) is 0 Å². The van der Waals surface area contributed by atoms with E-state index in [0.717, 1.165) is 19.5 Å². The van der Waals surface area contributed by atoms with Crippen LogP contribution in [-0.4, -0.2) is 32.2 Å². The van der Waals surface area contributed by atoms with Gasteiger partial charge in [-0.15, -0.1) is 0 Å². The van der Waals surface area contributed by atoms with Crippen LogP contribution in [0.15, 0.2) is 29.4 Å². The Bertz CT molecular complexity index is 410. The Morgan fingerprint density at radius 1 is 1.47 bits per heavy atom. The minimum Gasteiger partial charge on any atom is -0.316 e. The molecule has 2 rings (SSSR count). The number of hydrogen-bond acceptors (Lipinski definition) is 4. The largest absolute Gasteiger partial charge is 0.316 e. The summed E-state index contributed by atoms with van der Waals surface area (Å²) in [5, 5.41) is 3.35. The molecule has 1 N–H and O–H groups in total. The second-order valence-electron chi connectivity index (χ2n) is 3.81. The molecule has 0 spiro atoms. The van der Waals surface area contributed by atoms with Crippen molar-refractivity contribution in [3.63, 3.8) is 0 Å². The molecule has 0 aliphatic carbocycles. The third-order valence-electron chi connectivity index (χ3n) is 2.57. The predicted octanol–water partition coefficient (Wildman–Crippen LogP) is 0.465. The van der Waals surface area contributed by atoms with E-state index >= 15 is 0 Å². The summed E-state index contributed by atoms with van der Waals surface area (Å²) in [6.07, 6.45) is 2.45. The second-order valence-corrected chi connectivity index (χ2v) is 5.79. The smallest absolute Gasteiger partial charge is 0.195 e. The van der Waals surface area contributed by atoms with Crippen LogP contribution in [0.3, 0.4) is 0 Å². The minimum atomic E-state index is -3.19. The highest BCUT2D eigenvalue weighted by molar-refractivity contribution is 7.91. The molecule has 1 aliphatic rings. The van der Waals surface area contributed by atoms with Gasteiger partial charge in [-0.1, -0.05) is 6.07 Å². The molecule has 1 atom stereocenters. The van der Waals surface area contributed by atoms with E-state index < -0.39 is 9.84 Å². The van der Waals surface area contributed by atoms with Gasteiger partial charge >= 0.3 is 0 Å². The van der Waals surface area contributed by atoms with E-state index in [9.17, 15) is 8.42 Å². The van der Waals surface area contributed by atoms with Crippen molar-refractivity contribution in [3.05, 3.63) is 24.4 Å².